The number of nitrogens with zero attached hydrogens (tertiary/aromatic N) is 3. The third kappa shape index (κ3) is 5.16. The van der Waals surface area contributed by atoms with Crippen LogP contribution in [0.2, 0.25) is 0 Å². The lowest BCUT2D eigenvalue weighted by Crippen LogP contribution is -2.32. The average Bonchev–Trinajstić information content (AvgIpc) is 3.09. The molecule has 0 saturated carbocycles. The summed E-state index contributed by atoms with van der Waals surface area (Å²) in [5.41, 5.74) is 1.38. The number of carbonyl (C=O) groups excluding carboxylic acids is 1. The molecular formula is C22H26BrN3O3S2. The van der Waals surface area contributed by atoms with Crippen molar-refractivity contribution in [2.45, 2.75) is 45.1 Å². The summed E-state index contributed by atoms with van der Waals surface area (Å²) in [7, 11) is -3.57. The van der Waals surface area contributed by atoms with Gasteiger partial charge >= 0.3 is 0 Å². The van der Waals surface area contributed by atoms with Crippen molar-refractivity contribution >= 4 is 53.4 Å². The molecule has 0 saturated heterocycles. The number of hydrogen-bond donors (Lipinski definition) is 0. The lowest BCUT2D eigenvalue weighted by atomic mass is 10.2. The van der Waals surface area contributed by atoms with E-state index in [1.54, 1.807) is 0 Å². The second-order valence-electron chi connectivity index (χ2n) is 7.09. The highest BCUT2D eigenvalue weighted by Gasteiger charge is 2.23. The highest BCUT2D eigenvalue weighted by molar-refractivity contribution is 9.10. The van der Waals surface area contributed by atoms with Gasteiger partial charge in [0.2, 0.25) is 10.0 Å². The molecule has 0 aliphatic heterocycles. The number of halogens is 1. The fraction of sp³-hybridized carbons (Fsp3) is 0.364. The van der Waals surface area contributed by atoms with Gasteiger partial charge in [-0.3, -0.25) is 4.79 Å². The van der Waals surface area contributed by atoms with Crippen LogP contribution in [-0.2, 0) is 16.6 Å². The quantitative estimate of drug-likeness (QED) is 0.415. The standard InChI is InChI=1S/C22H26BrN3O3S2/c1-4-13-25(14-5-2)31(28,29)18-10-7-16(8-11-18)21(27)24-22-26(6-3)19-12-9-17(23)15-20(19)30-22/h7-12,15H,4-6,13-14H2,1-3H3. The first kappa shape index (κ1) is 23.8. The number of hydrogen-bond acceptors (Lipinski definition) is 4. The molecule has 3 rings (SSSR count). The van der Waals surface area contributed by atoms with Gasteiger partial charge in [-0.25, -0.2) is 8.42 Å². The van der Waals surface area contributed by atoms with E-state index >= 15 is 0 Å². The lowest BCUT2D eigenvalue weighted by Gasteiger charge is -2.21. The van der Waals surface area contributed by atoms with Gasteiger partial charge in [0, 0.05) is 29.7 Å². The van der Waals surface area contributed by atoms with Gasteiger partial charge < -0.3 is 4.57 Å². The van der Waals surface area contributed by atoms with E-state index in [4.69, 9.17) is 0 Å². The van der Waals surface area contributed by atoms with Gasteiger partial charge in [-0.1, -0.05) is 41.1 Å². The van der Waals surface area contributed by atoms with Crippen molar-refractivity contribution in [1.82, 2.24) is 8.87 Å². The largest absolute Gasteiger partial charge is 0.317 e. The van der Waals surface area contributed by atoms with Gasteiger partial charge in [0.25, 0.3) is 5.91 Å². The van der Waals surface area contributed by atoms with Crippen molar-refractivity contribution in [3.8, 4) is 0 Å². The molecule has 0 N–H and O–H groups in total. The summed E-state index contributed by atoms with van der Waals surface area (Å²) in [5, 5.41) is 0. The van der Waals surface area contributed by atoms with Gasteiger partial charge in [-0.2, -0.15) is 9.30 Å². The van der Waals surface area contributed by atoms with Crippen LogP contribution in [0, 0.1) is 0 Å². The van der Waals surface area contributed by atoms with E-state index in [0.717, 1.165) is 27.5 Å². The van der Waals surface area contributed by atoms with E-state index < -0.39 is 15.9 Å². The van der Waals surface area contributed by atoms with Crippen molar-refractivity contribution < 1.29 is 13.2 Å². The molecule has 31 heavy (non-hydrogen) atoms. The van der Waals surface area contributed by atoms with E-state index in [0.29, 0.717) is 30.0 Å². The summed E-state index contributed by atoms with van der Waals surface area (Å²) >= 11 is 4.93. The molecule has 0 fully saturated rings. The maximum absolute atomic E-state index is 12.9. The Morgan fingerprint density at radius 1 is 1.06 bits per heavy atom. The van der Waals surface area contributed by atoms with E-state index in [1.165, 1.54) is 39.9 Å². The number of sulfonamides is 1. The molecule has 166 valence electrons. The summed E-state index contributed by atoms with van der Waals surface area (Å²) in [4.78, 5) is 17.9. The fourth-order valence-electron chi connectivity index (χ4n) is 3.36. The monoisotopic (exact) mass is 523 g/mol. The Morgan fingerprint density at radius 3 is 2.29 bits per heavy atom. The van der Waals surface area contributed by atoms with Crippen molar-refractivity contribution in [3.05, 3.63) is 57.3 Å². The summed E-state index contributed by atoms with van der Waals surface area (Å²) in [6, 6.07) is 12.0. The van der Waals surface area contributed by atoms with Crippen LogP contribution in [0.4, 0.5) is 0 Å². The molecule has 0 aliphatic rings. The molecule has 0 atom stereocenters. The molecule has 1 aromatic heterocycles. The maximum atomic E-state index is 12.9. The molecule has 0 unspecified atom stereocenters. The Kier molecular flexibility index (Phi) is 7.85. The third-order valence-electron chi connectivity index (χ3n) is 4.84. The number of benzene rings is 2. The number of aromatic nitrogens is 1. The first-order valence-electron chi connectivity index (χ1n) is 10.3. The molecule has 0 radical (unpaired) electrons. The highest BCUT2D eigenvalue weighted by atomic mass is 79.9. The van der Waals surface area contributed by atoms with Crippen LogP contribution in [0.25, 0.3) is 10.2 Å². The van der Waals surface area contributed by atoms with Gasteiger partial charge in [0.05, 0.1) is 15.1 Å². The first-order chi connectivity index (χ1) is 14.8. The van der Waals surface area contributed by atoms with Gasteiger partial charge in [-0.05, 0) is 62.2 Å². The zero-order chi connectivity index (χ0) is 22.6. The molecule has 2 aromatic carbocycles. The molecule has 3 aromatic rings. The number of thiazole rings is 1. The van der Waals surface area contributed by atoms with Crippen LogP contribution >= 0.6 is 27.3 Å². The molecule has 1 heterocycles. The maximum Gasteiger partial charge on any atom is 0.279 e. The number of amides is 1. The molecule has 0 aliphatic carbocycles. The molecule has 0 bridgehead atoms. The molecule has 9 heteroatoms. The number of carbonyl (C=O) groups is 1. The molecule has 1 amide bonds. The van der Waals surface area contributed by atoms with Crippen molar-refractivity contribution in [2.24, 2.45) is 4.99 Å². The van der Waals surface area contributed by atoms with Crippen LogP contribution in [0.3, 0.4) is 0 Å². The summed E-state index contributed by atoms with van der Waals surface area (Å²) in [6.07, 6.45) is 1.50. The minimum absolute atomic E-state index is 0.196. The topological polar surface area (TPSA) is 71.7 Å². The lowest BCUT2D eigenvalue weighted by molar-refractivity contribution is 0.0997. The molecule has 6 nitrogen and oxygen atoms in total. The second-order valence-corrected chi connectivity index (χ2v) is 10.9. The van der Waals surface area contributed by atoms with Crippen LogP contribution in [0.15, 0.2) is 56.8 Å². The SMILES string of the molecule is CCCN(CCC)S(=O)(=O)c1ccc(C(=O)N=c2sc3cc(Br)ccc3n2CC)cc1. The summed E-state index contributed by atoms with van der Waals surface area (Å²) < 4.78 is 31.3. The minimum atomic E-state index is -3.57. The Bertz CT molecular complexity index is 1240. The smallest absolute Gasteiger partial charge is 0.279 e. The number of rotatable bonds is 8. The van der Waals surface area contributed by atoms with Gasteiger partial charge in [0.1, 0.15) is 0 Å². The predicted molar refractivity (Wildman–Crippen MR) is 129 cm³/mol. The van der Waals surface area contributed by atoms with E-state index in [9.17, 15) is 13.2 Å². The Labute approximate surface area is 195 Å². The summed E-state index contributed by atoms with van der Waals surface area (Å²) in [5.74, 6) is -0.393. The van der Waals surface area contributed by atoms with Crippen LogP contribution in [0.1, 0.15) is 44.0 Å². The Hall–Kier alpha value is -1.81. The van der Waals surface area contributed by atoms with E-state index in [1.807, 2.05) is 43.5 Å². The van der Waals surface area contributed by atoms with Crippen LogP contribution in [-0.4, -0.2) is 36.3 Å². The normalized spacial score (nSPS) is 12.7. The van der Waals surface area contributed by atoms with Gasteiger partial charge in [-0.15, -0.1) is 0 Å². The molecule has 0 spiro atoms. The Balaban J connectivity index is 1.93. The number of fused-ring (bicyclic) bond motifs is 1. The minimum Gasteiger partial charge on any atom is -0.317 e. The highest BCUT2D eigenvalue weighted by Crippen LogP contribution is 2.22. The fourth-order valence-corrected chi connectivity index (χ4v) is 6.63. The van der Waals surface area contributed by atoms with E-state index in [2.05, 4.69) is 20.9 Å². The molecular weight excluding hydrogens is 498 g/mol. The van der Waals surface area contributed by atoms with Gasteiger partial charge in [0.15, 0.2) is 4.80 Å². The second kappa shape index (κ2) is 10.2. The first-order valence-corrected chi connectivity index (χ1v) is 13.3. The Morgan fingerprint density at radius 2 is 1.71 bits per heavy atom. The van der Waals surface area contributed by atoms with Crippen LogP contribution < -0.4 is 4.80 Å². The predicted octanol–water partition coefficient (Wildman–Crippen LogP) is 5.04. The zero-order valence-corrected chi connectivity index (χ0v) is 21.1. The average molecular weight is 525 g/mol. The third-order valence-corrected chi connectivity index (χ3v) is 8.29. The van der Waals surface area contributed by atoms with Crippen molar-refractivity contribution in [1.29, 1.82) is 0 Å². The van der Waals surface area contributed by atoms with Crippen LogP contribution in [0.5, 0.6) is 0 Å². The zero-order valence-electron chi connectivity index (χ0n) is 17.8. The summed E-state index contributed by atoms with van der Waals surface area (Å²) in [6.45, 7) is 7.56. The van der Waals surface area contributed by atoms with Crippen molar-refractivity contribution in [2.75, 3.05) is 13.1 Å². The number of aryl methyl sites for hydroxylation is 1. The van der Waals surface area contributed by atoms with E-state index in [-0.39, 0.29) is 4.90 Å². The van der Waals surface area contributed by atoms with Crippen molar-refractivity contribution in [3.63, 3.8) is 0 Å².